The van der Waals surface area contributed by atoms with Crippen LogP contribution in [0.1, 0.15) is 46.8 Å². The van der Waals surface area contributed by atoms with Crippen molar-refractivity contribution in [3.63, 3.8) is 0 Å². The SMILES string of the molecule is C.OCCOc1ccc(N2CCNC[C@H]2c2ccc(Cl)cc2)c(Cl)c1.[C-]#[N+]c1ccc(C=O)nc1.[C-]#[N+]c1ccc(CN2CCN(c3ccc(OCCO)cc3Cl)[C@H](c3ccc(Cl)cc3)C2)nc1. The molecule has 0 amide bonds. The number of carbonyl (C=O) groups is 1. The van der Waals surface area contributed by atoms with Crippen molar-refractivity contribution < 1.29 is 24.5 Å². The molecule has 0 spiro atoms. The van der Waals surface area contributed by atoms with Crippen molar-refractivity contribution in [1.82, 2.24) is 20.2 Å². The molecule has 2 saturated heterocycles. The Morgan fingerprint density at radius 3 is 1.68 bits per heavy atom. The molecule has 0 saturated carbocycles. The fraction of sp³-hybridized carbons (Fsp3) is 0.275. The fourth-order valence-corrected chi connectivity index (χ4v) is 8.31. The topological polar surface area (TPSA) is 132 Å². The number of piperazine rings is 2. The van der Waals surface area contributed by atoms with Gasteiger partial charge in [-0.3, -0.25) is 19.7 Å². The highest BCUT2D eigenvalue weighted by Crippen LogP contribution is 2.39. The maximum absolute atomic E-state index is 10.1. The van der Waals surface area contributed by atoms with Gasteiger partial charge in [0.25, 0.3) is 0 Å². The summed E-state index contributed by atoms with van der Waals surface area (Å²) in [6.07, 6.45) is 3.64. The van der Waals surface area contributed by atoms with Crippen LogP contribution in [0.15, 0.2) is 122 Å². The quantitative estimate of drug-likeness (QED) is 0.0755. The van der Waals surface area contributed by atoms with Gasteiger partial charge in [0, 0.05) is 80.4 Å². The van der Waals surface area contributed by atoms with E-state index in [1.54, 1.807) is 24.4 Å². The number of hydrogen-bond acceptors (Lipinski definition) is 11. The fourth-order valence-electron chi connectivity index (χ4n) is 7.50. The second kappa shape index (κ2) is 27.1. The number of pyridine rings is 2. The molecule has 2 fully saturated rings. The average molecular weight is 999 g/mol. The molecule has 17 heteroatoms. The molecule has 4 heterocycles. The number of nitrogens with zero attached hydrogens (tertiary/aromatic N) is 7. The third-order valence-corrected chi connectivity index (χ3v) is 11.8. The van der Waals surface area contributed by atoms with Crippen molar-refractivity contribution >= 4 is 75.4 Å². The van der Waals surface area contributed by atoms with E-state index in [0.717, 1.165) is 66.9 Å². The zero-order chi connectivity index (χ0) is 47.5. The van der Waals surface area contributed by atoms with Crippen molar-refractivity contribution in [1.29, 1.82) is 0 Å². The van der Waals surface area contributed by atoms with E-state index >= 15 is 0 Å². The lowest BCUT2D eigenvalue weighted by molar-refractivity contribution is 0.111. The lowest BCUT2D eigenvalue weighted by Gasteiger charge is -2.43. The molecule has 3 N–H and O–H groups in total. The molecule has 0 aliphatic carbocycles. The number of nitrogens with one attached hydrogen (secondary N) is 1. The molecule has 6 aromatic rings. The largest absolute Gasteiger partial charge is 0.491 e. The van der Waals surface area contributed by atoms with Crippen molar-refractivity contribution in [2.45, 2.75) is 26.1 Å². The summed E-state index contributed by atoms with van der Waals surface area (Å²) in [6.45, 7) is 19.8. The van der Waals surface area contributed by atoms with Crippen LogP contribution in [0, 0.1) is 13.1 Å². The number of aliphatic hydroxyl groups excluding tert-OH is 2. The molecular formula is C51H52Cl4N8O5. The van der Waals surface area contributed by atoms with Gasteiger partial charge in [0.05, 0.1) is 71.2 Å². The predicted octanol–water partition coefficient (Wildman–Crippen LogP) is 11.0. The van der Waals surface area contributed by atoms with E-state index < -0.39 is 0 Å². The standard InChI is InChI=1S/C25H24Cl2N4O2.C18H20Cl2N2O2.C7H4N2O.CH4/c1-28-20-6-7-21(29-15-20)16-30-10-11-31(25(17-30)18-2-4-19(26)5-3-18)24-9-8-22(14-23(24)27)33-13-12-32;19-14-3-1-13(2-4-14)18-12-21-7-8-22(18)17-6-5-15(11-16(17)20)24-10-9-23;1-8-6-2-3-7(5-10)9-4-6;/h2-9,14-15,25,32H,10-13,16-17H2;1-6,11,18,21,23H,7-10,12H2;2-5H;1H4/t25-;18-;;/m00../s1. The number of hydrogen-bond donors (Lipinski definition) is 3. The highest BCUT2D eigenvalue weighted by Gasteiger charge is 2.30. The molecule has 2 aromatic heterocycles. The number of rotatable bonds is 13. The van der Waals surface area contributed by atoms with Crippen LogP contribution in [0.3, 0.4) is 0 Å². The summed E-state index contributed by atoms with van der Waals surface area (Å²) in [5.41, 5.74) is 6.55. The highest BCUT2D eigenvalue weighted by atomic mass is 35.5. The summed E-state index contributed by atoms with van der Waals surface area (Å²) in [5.74, 6) is 1.30. The van der Waals surface area contributed by atoms with Gasteiger partial charge in [0.2, 0.25) is 11.4 Å². The van der Waals surface area contributed by atoms with Crippen LogP contribution in [-0.4, -0.2) is 97.1 Å². The van der Waals surface area contributed by atoms with Crippen LogP contribution < -0.4 is 24.6 Å². The summed E-state index contributed by atoms with van der Waals surface area (Å²) in [6, 6.07) is 34.2. The monoisotopic (exact) mass is 996 g/mol. The molecule has 4 aromatic carbocycles. The van der Waals surface area contributed by atoms with Gasteiger partial charge in [-0.15, -0.1) is 0 Å². The minimum absolute atomic E-state index is 0. The van der Waals surface area contributed by atoms with Gasteiger partial charge in [-0.2, -0.15) is 0 Å². The molecule has 8 rings (SSSR count). The van der Waals surface area contributed by atoms with E-state index in [-0.39, 0.29) is 45.9 Å². The molecule has 68 heavy (non-hydrogen) atoms. The van der Waals surface area contributed by atoms with Gasteiger partial charge in [0.1, 0.15) is 24.7 Å². The van der Waals surface area contributed by atoms with E-state index in [0.29, 0.717) is 56.5 Å². The van der Waals surface area contributed by atoms with Gasteiger partial charge >= 0.3 is 0 Å². The number of benzene rings is 4. The maximum Gasteiger partial charge on any atom is 0.205 e. The third-order valence-electron chi connectivity index (χ3n) is 10.7. The van der Waals surface area contributed by atoms with Crippen LogP contribution >= 0.6 is 46.4 Å². The summed E-state index contributed by atoms with van der Waals surface area (Å²) >= 11 is 25.3. The Kier molecular flexibility index (Phi) is 21.1. The van der Waals surface area contributed by atoms with Crippen LogP contribution in [-0.2, 0) is 6.54 Å². The van der Waals surface area contributed by atoms with Gasteiger partial charge in [-0.05, 0) is 71.8 Å². The van der Waals surface area contributed by atoms with Crippen LogP contribution in [0.4, 0.5) is 22.7 Å². The Morgan fingerprint density at radius 1 is 0.676 bits per heavy atom. The molecule has 2 aliphatic rings. The van der Waals surface area contributed by atoms with Gasteiger partial charge in [-0.25, -0.2) is 9.69 Å². The normalized spacial score (nSPS) is 15.5. The van der Waals surface area contributed by atoms with Crippen molar-refractivity contribution in [2.24, 2.45) is 0 Å². The summed E-state index contributed by atoms with van der Waals surface area (Å²) in [7, 11) is 0. The summed E-state index contributed by atoms with van der Waals surface area (Å²) in [5, 5.41) is 24.0. The molecule has 354 valence electrons. The number of aromatic nitrogens is 2. The van der Waals surface area contributed by atoms with Crippen LogP contribution in [0.5, 0.6) is 11.5 Å². The van der Waals surface area contributed by atoms with E-state index in [2.05, 4.69) is 63.9 Å². The highest BCUT2D eigenvalue weighted by molar-refractivity contribution is 6.34. The molecule has 0 radical (unpaired) electrons. The first-order valence-corrected chi connectivity index (χ1v) is 22.8. The Bertz CT molecular complexity index is 2600. The number of halogens is 4. The Morgan fingerprint density at radius 2 is 1.21 bits per heavy atom. The van der Waals surface area contributed by atoms with Crippen molar-refractivity contribution in [2.75, 3.05) is 75.5 Å². The average Bonchev–Trinajstić information content (AvgIpc) is 3.36. The zero-order valence-electron chi connectivity index (χ0n) is 36.3. The second-order valence-electron chi connectivity index (χ2n) is 15.1. The van der Waals surface area contributed by atoms with E-state index in [9.17, 15) is 4.79 Å². The Hall–Kier alpha value is -5.97. The minimum atomic E-state index is -0.0462. The number of ether oxygens (including phenoxy) is 2. The maximum atomic E-state index is 10.1. The Labute approximate surface area is 418 Å². The van der Waals surface area contributed by atoms with Crippen molar-refractivity contribution in [3.05, 3.63) is 187 Å². The first kappa shape index (κ1) is 53.0. The van der Waals surface area contributed by atoms with E-state index in [4.69, 9.17) is 79.2 Å². The summed E-state index contributed by atoms with van der Waals surface area (Å²) in [4.78, 5) is 31.7. The second-order valence-corrected chi connectivity index (χ2v) is 16.8. The van der Waals surface area contributed by atoms with Crippen LogP contribution in [0.2, 0.25) is 20.1 Å². The molecule has 0 bridgehead atoms. The molecule has 2 aliphatic heterocycles. The lowest BCUT2D eigenvalue weighted by atomic mass is 10.0. The number of anilines is 2. The number of carbonyl (C=O) groups excluding carboxylic acids is 1. The molecule has 0 unspecified atom stereocenters. The minimum Gasteiger partial charge on any atom is -0.491 e. The Balaban J connectivity index is 0.000000215. The number of aliphatic hydroxyl groups is 2. The number of aldehydes is 1. The van der Waals surface area contributed by atoms with Crippen molar-refractivity contribution in [3.8, 4) is 11.5 Å². The van der Waals surface area contributed by atoms with E-state index in [1.807, 2.05) is 60.7 Å². The van der Waals surface area contributed by atoms with Gasteiger partial charge < -0.3 is 34.8 Å². The van der Waals surface area contributed by atoms with E-state index in [1.165, 1.54) is 17.8 Å². The molecule has 2 atom stereocenters. The van der Waals surface area contributed by atoms with Gasteiger partial charge in [0.15, 0.2) is 6.29 Å². The third kappa shape index (κ3) is 15.0. The summed E-state index contributed by atoms with van der Waals surface area (Å²) < 4.78 is 10.9. The molecular weight excluding hydrogens is 946 g/mol. The van der Waals surface area contributed by atoms with Gasteiger partial charge in [-0.1, -0.05) is 90.2 Å². The predicted molar refractivity (Wildman–Crippen MR) is 272 cm³/mol. The zero-order valence-corrected chi connectivity index (χ0v) is 39.3. The first-order valence-electron chi connectivity index (χ1n) is 21.3. The first-order chi connectivity index (χ1) is 32.6. The lowest BCUT2D eigenvalue weighted by Crippen LogP contribution is -2.48. The molecule has 13 nitrogen and oxygen atoms in total. The smallest absolute Gasteiger partial charge is 0.205 e. The van der Waals surface area contributed by atoms with Crippen LogP contribution in [0.25, 0.3) is 9.69 Å².